The van der Waals surface area contributed by atoms with E-state index in [0.717, 1.165) is 5.75 Å². The summed E-state index contributed by atoms with van der Waals surface area (Å²) in [7, 11) is 1.49. The van der Waals surface area contributed by atoms with Gasteiger partial charge in [0.2, 0.25) is 5.91 Å². The highest BCUT2D eigenvalue weighted by Crippen LogP contribution is 2.28. The maximum atomic E-state index is 11.8. The summed E-state index contributed by atoms with van der Waals surface area (Å²) in [4.78, 5) is 11.8. The number of anilines is 1. The molecule has 6 nitrogen and oxygen atoms in total. The Labute approximate surface area is 116 Å². The van der Waals surface area contributed by atoms with Gasteiger partial charge in [0.05, 0.1) is 12.8 Å². The van der Waals surface area contributed by atoms with Gasteiger partial charge in [0.15, 0.2) is 5.84 Å². The van der Waals surface area contributed by atoms with Gasteiger partial charge < -0.3 is 21.0 Å². The van der Waals surface area contributed by atoms with Gasteiger partial charge in [-0.2, -0.15) is 11.8 Å². The highest BCUT2D eigenvalue weighted by molar-refractivity contribution is 7.98. The number of rotatable bonds is 6. The van der Waals surface area contributed by atoms with E-state index in [9.17, 15) is 4.79 Å². The van der Waals surface area contributed by atoms with E-state index in [2.05, 4.69) is 10.5 Å². The predicted octanol–water partition coefficient (Wildman–Crippen LogP) is 1.48. The molecule has 0 spiro atoms. The van der Waals surface area contributed by atoms with Crippen LogP contribution in [-0.4, -0.2) is 36.1 Å². The van der Waals surface area contributed by atoms with Gasteiger partial charge in [0.25, 0.3) is 0 Å². The number of ether oxygens (including phenoxy) is 1. The molecule has 0 aliphatic carbocycles. The summed E-state index contributed by atoms with van der Waals surface area (Å²) >= 11 is 1.58. The van der Waals surface area contributed by atoms with Crippen LogP contribution in [0, 0.1) is 0 Å². The number of amidine groups is 1. The number of nitrogens with zero attached hydrogens (tertiary/aromatic N) is 1. The summed E-state index contributed by atoms with van der Waals surface area (Å²) in [6, 6.07) is 5.03. The Bertz CT molecular complexity index is 477. The van der Waals surface area contributed by atoms with Crippen LogP contribution in [-0.2, 0) is 4.79 Å². The quantitative estimate of drug-likeness (QED) is 0.318. The molecule has 7 heteroatoms. The molecule has 19 heavy (non-hydrogen) atoms. The van der Waals surface area contributed by atoms with Crippen LogP contribution < -0.4 is 15.8 Å². The van der Waals surface area contributed by atoms with Gasteiger partial charge in [-0.3, -0.25) is 4.79 Å². The van der Waals surface area contributed by atoms with Crippen molar-refractivity contribution >= 4 is 29.2 Å². The molecule has 0 heterocycles. The van der Waals surface area contributed by atoms with Gasteiger partial charge in [-0.15, -0.1) is 0 Å². The fourth-order valence-corrected chi connectivity index (χ4v) is 1.88. The number of nitrogens with two attached hydrogens (primary N) is 1. The lowest BCUT2D eigenvalue weighted by Crippen LogP contribution is -2.20. The fraction of sp³-hybridized carbons (Fsp3) is 0.333. The van der Waals surface area contributed by atoms with Crippen molar-refractivity contribution in [2.45, 2.75) is 6.42 Å². The van der Waals surface area contributed by atoms with Gasteiger partial charge in [-0.25, -0.2) is 0 Å². The Hall–Kier alpha value is -1.89. The van der Waals surface area contributed by atoms with Crippen LogP contribution in [0.4, 0.5) is 5.69 Å². The van der Waals surface area contributed by atoms with Crippen molar-refractivity contribution in [2.75, 3.05) is 24.4 Å². The van der Waals surface area contributed by atoms with Crippen LogP contribution in [0.15, 0.2) is 23.4 Å². The lowest BCUT2D eigenvalue weighted by Gasteiger charge is -2.14. The van der Waals surface area contributed by atoms with Gasteiger partial charge in [0.1, 0.15) is 5.75 Å². The maximum absolute atomic E-state index is 11.8. The van der Waals surface area contributed by atoms with E-state index >= 15 is 0 Å². The second-order valence-electron chi connectivity index (χ2n) is 3.66. The molecule has 0 aliphatic heterocycles. The normalized spacial score (nSPS) is 11.2. The molecule has 4 N–H and O–H groups in total. The standard InChI is InChI=1S/C12H17N3O3S/c1-18-9-5-3-4-8(12(13)15-17)11(9)14-10(16)6-7-19-2/h3-5,17H,6-7H2,1-2H3,(H2,13,15)(H,14,16). The summed E-state index contributed by atoms with van der Waals surface area (Å²) in [6.45, 7) is 0. The van der Waals surface area contributed by atoms with Gasteiger partial charge in [-0.1, -0.05) is 11.2 Å². The minimum Gasteiger partial charge on any atom is -0.495 e. The summed E-state index contributed by atoms with van der Waals surface area (Å²) < 4.78 is 5.17. The Kier molecular flexibility index (Phi) is 6.01. The third-order valence-electron chi connectivity index (χ3n) is 2.43. The molecule has 1 amide bonds. The van der Waals surface area contributed by atoms with E-state index in [1.807, 2.05) is 6.26 Å². The molecule has 0 atom stereocenters. The highest BCUT2D eigenvalue weighted by Gasteiger charge is 2.14. The van der Waals surface area contributed by atoms with E-state index in [1.54, 1.807) is 30.0 Å². The van der Waals surface area contributed by atoms with Crippen molar-refractivity contribution in [3.05, 3.63) is 23.8 Å². The number of nitrogens with one attached hydrogen (secondary N) is 1. The molecule has 0 saturated carbocycles. The number of oxime groups is 1. The molecule has 104 valence electrons. The molecule has 0 saturated heterocycles. The summed E-state index contributed by atoms with van der Waals surface area (Å²) in [5, 5.41) is 14.4. The molecule has 0 radical (unpaired) electrons. The van der Waals surface area contributed by atoms with Crippen LogP contribution >= 0.6 is 11.8 Å². The lowest BCUT2D eigenvalue weighted by atomic mass is 10.1. The fourth-order valence-electron chi connectivity index (χ4n) is 1.49. The number of thioether (sulfide) groups is 1. The predicted molar refractivity (Wildman–Crippen MR) is 77.1 cm³/mol. The van der Waals surface area contributed by atoms with Crippen LogP contribution in [0.3, 0.4) is 0 Å². The summed E-state index contributed by atoms with van der Waals surface area (Å²) in [5.41, 5.74) is 6.41. The number of benzene rings is 1. The Morgan fingerprint density at radius 1 is 1.58 bits per heavy atom. The molecule has 0 aliphatic rings. The number of amides is 1. The van der Waals surface area contributed by atoms with E-state index < -0.39 is 0 Å². The van der Waals surface area contributed by atoms with E-state index in [0.29, 0.717) is 23.4 Å². The molecule has 0 bridgehead atoms. The smallest absolute Gasteiger partial charge is 0.225 e. The zero-order chi connectivity index (χ0) is 14.3. The third-order valence-corrected chi connectivity index (χ3v) is 3.04. The second kappa shape index (κ2) is 7.52. The number of hydrogen-bond acceptors (Lipinski definition) is 5. The number of carbonyl (C=O) groups excluding carboxylic acids is 1. The van der Waals surface area contributed by atoms with Crippen molar-refractivity contribution in [3.8, 4) is 5.75 Å². The van der Waals surface area contributed by atoms with E-state index in [-0.39, 0.29) is 11.7 Å². The van der Waals surface area contributed by atoms with Crippen molar-refractivity contribution in [1.82, 2.24) is 0 Å². The lowest BCUT2D eigenvalue weighted by molar-refractivity contribution is -0.115. The molecule has 1 aromatic carbocycles. The molecule has 1 rings (SSSR count). The summed E-state index contributed by atoms with van der Waals surface area (Å²) in [5.74, 6) is 0.950. The average Bonchev–Trinajstić information content (AvgIpc) is 2.44. The topological polar surface area (TPSA) is 96.9 Å². The zero-order valence-corrected chi connectivity index (χ0v) is 11.7. The van der Waals surface area contributed by atoms with Gasteiger partial charge in [0, 0.05) is 17.7 Å². The Morgan fingerprint density at radius 2 is 2.32 bits per heavy atom. The van der Waals surface area contributed by atoms with Gasteiger partial charge in [-0.05, 0) is 18.4 Å². The van der Waals surface area contributed by atoms with E-state index in [4.69, 9.17) is 15.7 Å². The van der Waals surface area contributed by atoms with Gasteiger partial charge >= 0.3 is 0 Å². The molecule has 1 aromatic rings. The number of methoxy groups -OCH3 is 1. The van der Waals surface area contributed by atoms with Crippen LogP contribution in [0.2, 0.25) is 0 Å². The molecule has 0 fully saturated rings. The minimum absolute atomic E-state index is 0.0842. The minimum atomic E-state index is -0.147. The first kappa shape index (κ1) is 15.2. The first-order valence-electron chi connectivity index (χ1n) is 5.57. The number of carbonyl (C=O) groups is 1. The SMILES string of the molecule is COc1cccc(/C(N)=N/O)c1NC(=O)CCSC. The molecular weight excluding hydrogens is 266 g/mol. The highest BCUT2D eigenvalue weighted by atomic mass is 32.2. The second-order valence-corrected chi connectivity index (χ2v) is 4.64. The largest absolute Gasteiger partial charge is 0.495 e. The monoisotopic (exact) mass is 283 g/mol. The number of hydrogen-bond donors (Lipinski definition) is 3. The number of para-hydroxylation sites is 1. The van der Waals surface area contributed by atoms with Crippen molar-refractivity contribution in [3.63, 3.8) is 0 Å². The van der Waals surface area contributed by atoms with Crippen molar-refractivity contribution in [1.29, 1.82) is 0 Å². The Balaban J connectivity index is 3.05. The average molecular weight is 283 g/mol. The first-order valence-corrected chi connectivity index (χ1v) is 6.97. The molecule has 0 aromatic heterocycles. The molecule has 0 unspecified atom stereocenters. The zero-order valence-electron chi connectivity index (χ0n) is 10.8. The maximum Gasteiger partial charge on any atom is 0.225 e. The van der Waals surface area contributed by atoms with Crippen molar-refractivity contribution in [2.24, 2.45) is 10.9 Å². The van der Waals surface area contributed by atoms with E-state index in [1.165, 1.54) is 7.11 Å². The van der Waals surface area contributed by atoms with Crippen LogP contribution in [0.25, 0.3) is 0 Å². The van der Waals surface area contributed by atoms with Crippen LogP contribution in [0.1, 0.15) is 12.0 Å². The molecular formula is C12H17N3O3S. The van der Waals surface area contributed by atoms with Crippen molar-refractivity contribution < 1.29 is 14.7 Å². The first-order chi connectivity index (χ1) is 9.13. The summed E-state index contributed by atoms with van der Waals surface area (Å²) in [6.07, 6.45) is 2.31. The Morgan fingerprint density at radius 3 is 2.89 bits per heavy atom. The third kappa shape index (κ3) is 4.06. The van der Waals surface area contributed by atoms with Crippen LogP contribution in [0.5, 0.6) is 5.75 Å².